The molecule has 5 aliphatic rings. The van der Waals surface area contributed by atoms with E-state index in [-0.39, 0.29) is 17.7 Å². The first-order chi connectivity index (χ1) is 16.0. The number of carbonyl (C=O) groups is 1. The van der Waals surface area contributed by atoms with Gasteiger partial charge in [0.15, 0.2) is 5.82 Å². The summed E-state index contributed by atoms with van der Waals surface area (Å²) in [4.78, 5) is 21.5. The number of amides is 1. The lowest BCUT2D eigenvalue weighted by atomic mass is 9.50. The van der Waals surface area contributed by atoms with E-state index in [2.05, 4.69) is 60.9 Å². The van der Waals surface area contributed by atoms with Gasteiger partial charge in [-0.25, -0.2) is 9.78 Å². The van der Waals surface area contributed by atoms with Crippen LogP contribution in [0.4, 0.5) is 22.1 Å². The molecule has 1 aliphatic heterocycles. The Hall–Kier alpha value is -2.81. The number of nitrogens with zero attached hydrogens (tertiary/aromatic N) is 4. The third-order valence-electron chi connectivity index (χ3n) is 7.95. The number of carbonyl (C=O) groups excluding carboxylic acids is 1. The largest absolute Gasteiger partial charge is 0.446 e. The lowest BCUT2D eigenvalue weighted by Crippen LogP contribution is -2.68. The van der Waals surface area contributed by atoms with Crippen molar-refractivity contribution in [3.8, 4) is 0 Å². The Labute approximate surface area is 194 Å². The fraction of sp³-hybridized carbons (Fsp3) is 0.625. The molecule has 33 heavy (non-hydrogen) atoms. The standard InChI is InChI=1S/C24H33N7O2/c1-30-6-8-31(9-7-30)22-5-3-18(15-25-22)26-21-11-20(28-29-21)17-2-4-19(10-17)33-23(32)27-24-12-16(13-24)14-24/h3,5,11,15-17,19H,2,4,6-10,12-14H2,1H3,(H,27,32)(H2,26,28,29)/t16?,17-,19+,24?/m0/s1. The fourth-order valence-electron chi connectivity index (χ4n) is 5.80. The van der Waals surface area contributed by atoms with Gasteiger partial charge in [-0.15, -0.1) is 0 Å². The average Bonchev–Trinajstić information content (AvgIpc) is 3.41. The number of alkyl carbamates (subject to hydrolysis) is 1. The topological polar surface area (TPSA) is 98.4 Å². The normalized spacial score (nSPS) is 30.9. The minimum Gasteiger partial charge on any atom is -0.446 e. The third kappa shape index (κ3) is 4.26. The van der Waals surface area contributed by atoms with Crippen molar-refractivity contribution >= 4 is 23.4 Å². The zero-order valence-electron chi connectivity index (χ0n) is 19.2. The van der Waals surface area contributed by atoms with Gasteiger partial charge in [-0.2, -0.15) is 5.10 Å². The van der Waals surface area contributed by atoms with Crippen molar-refractivity contribution in [3.63, 3.8) is 0 Å². The lowest BCUT2D eigenvalue weighted by Gasteiger charge is -2.61. The van der Waals surface area contributed by atoms with Crippen LogP contribution in [0.2, 0.25) is 0 Å². The number of piperazine rings is 1. The molecule has 5 fully saturated rings. The minimum atomic E-state index is -0.238. The molecule has 0 radical (unpaired) electrons. The summed E-state index contributed by atoms with van der Waals surface area (Å²) in [7, 11) is 2.16. The number of aromatic nitrogens is 3. The Morgan fingerprint density at radius 2 is 2.00 bits per heavy atom. The molecule has 2 aromatic rings. The summed E-state index contributed by atoms with van der Waals surface area (Å²) in [5.74, 6) is 2.98. The second-order valence-electron chi connectivity index (χ2n) is 10.4. The predicted octanol–water partition coefficient (Wildman–Crippen LogP) is 3.21. The zero-order valence-corrected chi connectivity index (χ0v) is 19.2. The second kappa shape index (κ2) is 8.20. The molecule has 176 valence electrons. The number of rotatable bonds is 6. The number of hydrogen-bond acceptors (Lipinski definition) is 7. The van der Waals surface area contributed by atoms with Crippen LogP contribution in [0, 0.1) is 5.92 Å². The van der Waals surface area contributed by atoms with Gasteiger partial charge in [-0.05, 0) is 63.6 Å². The average molecular weight is 452 g/mol. The summed E-state index contributed by atoms with van der Waals surface area (Å²) >= 11 is 0. The molecular weight excluding hydrogens is 418 g/mol. The molecule has 2 bridgehead atoms. The summed E-state index contributed by atoms with van der Waals surface area (Å²) in [6.07, 6.45) is 7.74. The van der Waals surface area contributed by atoms with Crippen LogP contribution in [-0.4, -0.2) is 71.0 Å². The van der Waals surface area contributed by atoms with E-state index in [1.165, 1.54) is 0 Å². The van der Waals surface area contributed by atoms with E-state index in [1.807, 2.05) is 6.20 Å². The van der Waals surface area contributed by atoms with E-state index < -0.39 is 0 Å². The molecule has 3 heterocycles. The first-order valence-corrected chi connectivity index (χ1v) is 12.2. The molecule has 0 aromatic carbocycles. The van der Waals surface area contributed by atoms with Crippen molar-refractivity contribution in [2.45, 2.75) is 56.1 Å². The monoisotopic (exact) mass is 451 g/mol. The Bertz CT molecular complexity index is 981. The molecule has 7 rings (SSSR count). The van der Waals surface area contributed by atoms with E-state index >= 15 is 0 Å². The summed E-state index contributed by atoms with van der Waals surface area (Å²) in [6.45, 7) is 4.15. The van der Waals surface area contributed by atoms with Crippen LogP contribution in [0.3, 0.4) is 0 Å². The Kier molecular flexibility index (Phi) is 5.16. The van der Waals surface area contributed by atoms with Gasteiger partial charge in [0.25, 0.3) is 0 Å². The number of ether oxygens (including phenoxy) is 1. The molecule has 0 spiro atoms. The van der Waals surface area contributed by atoms with Crippen molar-refractivity contribution in [1.29, 1.82) is 0 Å². The first kappa shape index (κ1) is 20.8. The molecule has 1 saturated heterocycles. The van der Waals surface area contributed by atoms with E-state index in [4.69, 9.17) is 4.74 Å². The number of hydrogen-bond donors (Lipinski definition) is 3. The minimum absolute atomic E-state index is 0.0200. The van der Waals surface area contributed by atoms with Crippen molar-refractivity contribution < 1.29 is 9.53 Å². The van der Waals surface area contributed by atoms with E-state index in [0.717, 1.165) is 93.6 Å². The highest BCUT2D eigenvalue weighted by Gasteiger charge is 2.57. The molecule has 9 nitrogen and oxygen atoms in total. The molecule has 1 amide bonds. The van der Waals surface area contributed by atoms with E-state index in [1.54, 1.807) is 0 Å². The van der Waals surface area contributed by atoms with Crippen molar-refractivity contribution in [3.05, 3.63) is 30.1 Å². The number of aromatic amines is 1. The van der Waals surface area contributed by atoms with Gasteiger partial charge in [0.1, 0.15) is 11.9 Å². The Morgan fingerprint density at radius 3 is 2.70 bits per heavy atom. The fourth-order valence-corrected chi connectivity index (χ4v) is 5.80. The van der Waals surface area contributed by atoms with Crippen molar-refractivity contribution in [2.75, 3.05) is 43.4 Å². The smallest absolute Gasteiger partial charge is 0.407 e. The van der Waals surface area contributed by atoms with Gasteiger partial charge in [-0.1, -0.05) is 0 Å². The molecule has 9 heteroatoms. The van der Waals surface area contributed by atoms with Crippen LogP contribution in [0.15, 0.2) is 24.4 Å². The lowest BCUT2D eigenvalue weighted by molar-refractivity contribution is -0.0506. The van der Waals surface area contributed by atoms with Gasteiger partial charge in [0.05, 0.1) is 11.9 Å². The van der Waals surface area contributed by atoms with Crippen molar-refractivity contribution in [1.82, 2.24) is 25.4 Å². The van der Waals surface area contributed by atoms with Crippen molar-refractivity contribution in [2.24, 2.45) is 5.92 Å². The Balaban J connectivity index is 0.996. The highest BCUT2D eigenvalue weighted by Crippen LogP contribution is 2.57. The SMILES string of the molecule is CN1CCN(c2ccc(Nc3cc([C@H]4CC[C@@H](OC(=O)NC56CC(C5)C6)C4)[nH]n3)cn2)CC1. The number of likely N-dealkylation sites (N-methyl/N-ethyl adjacent to an activating group) is 1. The number of nitrogens with one attached hydrogen (secondary N) is 3. The molecule has 4 aliphatic carbocycles. The quantitative estimate of drug-likeness (QED) is 0.620. The first-order valence-electron chi connectivity index (χ1n) is 12.2. The van der Waals surface area contributed by atoms with E-state index in [9.17, 15) is 4.79 Å². The zero-order chi connectivity index (χ0) is 22.4. The van der Waals surface area contributed by atoms with Gasteiger partial charge in [0.2, 0.25) is 0 Å². The molecule has 3 N–H and O–H groups in total. The molecule has 2 aromatic heterocycles. The van der Waals surface area contributed by atoms with Gasteiger partial charge >= 0.3 is 6.09 Å². The number of anilines is 3. The summed E-state index contributed by atoms with van der Waals surface area (Å²) < 4.78 is 5.71. The van der Waals surface area contributed by atoms with Crippen LogP contribution in [0.5, 0.6) is 0 Å². The second-order valence-corrected chi connectivity index (χ2v) is 10.4. The third-order valence-corrected chi connectivity index (χ3v) is 7.95. The molecular formula is C24H33N7O2. The summed E-state index contributed by atoms with van der Waals surface area (Å²) in [5, 5.41) is 14.0. The van der Waals surface area contributed by atoms with Crippen LogP contribution < -0.4 is 15.5 Å². The summed E-state index contributed by atoms with van der Waals surface area (Å²) in [5.41, 5.74) is 2.08. The summed E-state index contributed by atoms with van der Waals surface area (Å²) in [6, 6.07) is 6.18. The van der Waals surface area contributed by atoms with Crippen LogP contribution >= 0.6 is 0 Å². The number of H-pyrrole nitrogens is 1. The highest BCUT2D eigenvalue weighted by atomic mass is 16.6. The maximum absolute atomic E-state index is 12.2. The number of pyridine rings is 1. The van der Waals surface area contributed by atoms with E-state index in [0.29, 0.717) is 5.92 Å². The van der Waals surface area contributed by atoms with Crippen LogP contribution in [0.25, 0.3) is 0 Å². The predicted molar refractivity (Wildman–Crippen MR) is 126 cm³/mol. The molecule has 0 unspecified atom stereocenters. The van der Waals surface area contributed by atoms with Gasteiger partial charge in [-0.3, -0.25) is 5.10 Å². The van der Waals surface area contributed by atoms with Gasteiger partial charge in [0, 0.05) is 49.4 Å². The Morgan fingerprint density at radius 1 is 1.18 bits per heavy atom. The highest BCUT2D eigenvalue weighted by molar-refractivity contribution is 5.69. The van der Waals surface area contributed by atoms with Crippen LogP contribution in [-0.2, 0) is 4.74 Å². The maximum atomic E-state index is 12.2. The van der Waals surface area contributed by atoms with Gasteiger partial charge < -0.3 is 25.2 Å². The molecule has 4 saturated carbocycles. The molecule has 2 atom stereocenters. The van der Waals surface area contributed by atoms with Crippen LogP contribution in [0.1, 0.15) is 50.1 Å². The maximum Gasteiger partial charge on any atom is 0.407 e.